The fourth-order valence-corrected chi connectivity index (χ4v) is 2.09. The van der Waals surface area contributed by atoms with Crippen molar-refractivity contribution in [2.45, 2.75) is 13.0 Å². The number of fused-ring (bicyclic) bond motifs is 1. The van der Waals surface area contributed by atoms with E-state index in [1.165, 1.54) is 12.1 Å². The number of hydrogen-bond acceptors (Lipinski definition) is 2. The van der Waals surface area contributed by atoms with Crippen LogP contribution in [0.15, 0.2) is 43.5 Å². The molecule has 1 heterocycles. The van der Waals surface area contributed by atoms with Crippen LogP contribution in [0.4, 0.5) is 4.39 Å². The molecule has 1 unspecified atom stereocenters. The molecule has 0 spiro atoms. The number of benzene rings is 1. The Morgan fingerprint density at radius 3 is 2.68 bits per heavy atom. The summed E-state index contributed by atoms with van der Waals surface area (Å²) in [4.78, 5) is 9.85. The lowest BCUT2D eigenvalue weighted by Gasteiger charge is -2.24. The van der Waals surface area contributed by atoms with Gasteiger partial charge in [-0.1, -0.05) is 12.2 Å². The van der Waals surface area contributed by atoms with E-state index in [2.05, 4.69) is 34.9 Å². The van der Waals surface area contributed by atoms with Crippen LogP contribution in [0.3, 0.4) is 0 Å². The summed E-state index contributed by atoms with van der Waals surface area (Å²) in [7, 11) is 0. The lowest BCUT2D eigenvalue weighted by atomic mass is 10.2. The molecule has 2 rings (SSSR count). The number of aromatic amines is 1. The average molecular weight is 259 g/mol. The number of imidazole rings is 1. The van der Waals surface area contributed by atoms with Gasteiger partial charge in [-0.25, -0.2) is 9.37 Å². The molecule has 0 saturated carbocycles. The van der Waals surface area contributed by atoms with Crippen molar-refractivity contribution in [1.29, 1.82) is 0 Å². The van der Waals surface area contributed by atoms with Crippen molar-refractivity contribution in [2.75, 3.05) is 13.1 Å². The third kappa shape index (κ3) is 2.90. The van der Waals surface area contributed by atoms with E-state index in [-0.39, 0.29) is 11.9 Å². The number of aromatic nitrogens is 2. The van der Waals surface area contributed by atoms with Crippen LogP contribution in [-0.4, -0.2) is 28.0 Å². The number of hydrogen-bond donors (Lipinski definition) is 1. The second-order valence-corrected chi connectivity index (χ2v) is 4.49. The average Bonchev–Trinajstić information content (AvgIpc) is 2.80. The van der Waals surface area contributed by atoms with Crippen molar-refractivity contribution in [3.8, 4) is 0 Å². The Labute approximate surface area is 112 Å². The fourth-order valence-electron chi connectivity index (χ4n) is 2.09. The van der Waals surface area contributed by atoms with Gasteiger partial charge in [0, 0.05) is 13.1 Å². The fraction of sp³-hybridized carbons (Fsp3) is 0.267. The Balaban J connectivity index is 2.31. The van der Waals surface area contributed by atoms with Crippen molar-refractivity contribution >= 4 is 11.0 Å². The third-order valence-corrected chi connectivity index (χ3v) is 3.13. The standard InChI is InChI=1S/C15H18FN3/c1-4-8-19(9-5-2)11(3)15-17-13-7-6-12(16)10-14(13)18-15/h4-7,10-11H,1-2,8-9H2,3H3,(H,17,18). The molecule has 1 atom stereocenters. The van der Waals surface area contributed by atoms with Crippen LogP contribution in [0.1, 0.15) is 18.8 Å². The number of nitrogens with zero attached hydrogens (tertiary/aromatic N) is 2. The minimum absolute atomic E-state index is 0.0893. The molecule has 100 valence electrons. The summed E-state index contributed by atoms with van der Waals surface area (Å²) in [6, 6.07) is 4.65. The van der Waals surface area contributed by atoms with Crippen LogP contribution >= 0.6 is 0 Å². The first-order valence-electron chi connectivity index (χ1n) is 6.26. The molecule has 1 aromatic carbocycles. The zero-order chi connectivity index (χ0) is 13.8. The van der Waals surface area contributed by atoms with E-state index in [4.69, 9.17) is 0 Å². The molecule has 1 aromatic heterocycles. The smallest absolute Gasteiger partial charge is 0.125 e. The van der Waals surface area contributed by atoms with E-state index in [1.807, 2.05) is 12.2 Å². The predicted molar refractivity (Wildman–Crippen MR) is 76.4 cm³/mol. The van der Waals surface area contributed by atoms with Crippen LogP contribution in [-0.2, 0) is 0 Å². The first-order valence-corrected chi connectivity index (χ1v) is 6.26. The molecule has 0 aliphatic rings. The van der Waals surface area contributed by atoms with Gasteiger partial charge in [0.05, 0.1) is 17.1 Å². The van der Waals surface area contributed by atoms with Crippen LogP contribution in [0.5, 0.6) is 0 Å². The molecular weight excluding hydrogens is 241 g/mol. The summed E-state index contributed by atoms with van der Waals surface area (Å²) in [6.45, 7) is 11.1. The van der Waals surface area contributed by atoms with E-state index in [9.17, 15) is 4.39 Å². The molecule has 4 heteroatoms. The van der Waals surface area contributed by atoms with Crippen LogP contribution in [0, 0.1) is 5.82 Å². The highest BCUT2D eigenvalue weighted by Gasteiger charge is 2.17. The van der Waals surface area contributed by atoms with E-state index in [1.54, 1.807) is 6.07 Å². The Morgan fingerprint density at radius 2 is 2.05 bits per heavy atom. The van der Waals surface area contributed by atoms with E-state index < -0.39 is 0 Å². The van der Waals surface area contributed by atoms with Gasteiger partial charge in [0.2, 0.25) is 0 Å². The number of H-pyrrole nitrogens is 1. The molecule has 3 nitrogen and oxygen atoms in total. The molecule has 19 heavy (non-hydrogen) atoms. The molecular formula is C15H18FN3. The summed E-state index contributed by atoms with van der Waals surface area (Å²) in [6.07, 6.45) is 3.70. The molecule has 0 aliphatic carbocycles. The highest BCUT2D eigenvalue weighted by Crippen LogP contribution is 2.21. The minimum atomic E-state index is -0.260. The predicted octanol–water partition coefficient (Wildman–Crippen LogP) is 3.44. The number of rotatable bonds is 6. The molecule has 0 radical (unpaired) electrons. The number of halogens is 1. The Kier molecular flexibility index (Phi) is 4.12. The van der Waals surface area contributed by atoms with Gasteiger partial charge in [-0.15, -0.1) is 13.2 Å². The zero-order valence-corrected chi connectivity index (χ0v) is 11.1. The summed E-state index contributed by atoms with van der Waals surface area (Å²) >= 11 is 0. The molecule has 0 amide bonds. The van der Waals surface area contributed by atoms with Gasteiger partial charge >= 0.3 is 0 Å². The summed E-state index contributed by atoms with van der Waals surface area (Å²) in [5, 5.41) is 0. The Bertz CT molecular complexity index is 578. The molecule has 0 aliphatic heterocycles. The molecule has 2 aromatic rings. The maximum atomic E-state index is 13.2. The number of nitrogens with one attached hydrogen (secondary N) is 1. The molecule has 1 N–H and O–H groups in total. The first kappa shape index (κ1) is 13.5. The van der Waals surface area contributed by atoms with Crippen molar-refractivity contribution in [1.82, 2.24) is 14.9 Å². The quantitative estimate of drug-likeness (QED) is 0.806. The lowest BCUT2D eigenvalue weighted by Crippen LogP contribution is -2.28. The Hall–Kier alpha value is -1.94. The monoisotopic (exact) mass is 259 g/mol. The van der Waals surface area contributed by atoms with E-state index >= 15 is 0 Å². The van der Waals surface area contributed by atoms with Gasteiger partial charge < -0.3 is 4.98 Å². The summed E-state index contributed by atoms with van der Waals surface area (Å²) in [5.74, 6) is 0.564. The van der Waals surface area contributed by atoms with Crippen molar-refractivity contribution < 1.29 is 4.39 Å². The van der Waals surface area contributed by atoms with Gasteiger partial charge in [-0.2, -0.15) is 0 Å². The van der Waals surface area contributed by atoms with Crippen LogP contribution in [0.25, 0.3) is 11.0 Å². The van der Waals surface area contributed by atoms with E-state index in [0.29, 0.717) is 0 Å². The SMILES string of the molecule is C=CCN(CC=C)C(C)c1nc2ccc(F)cc2[nH]1. The maximum absolute atomic E-state index is 13.2. The van der Waals surface area contributed by atoms with Crippen molar-refractivity contribution in [2.24, 2.45) is 0 Å². The van der Waals surface area contributed by atoms with Crippen molar-refractivity contribution in [3.05, 3.63) is 55.2 Å². The third-order valence-electron chi connectivity index (χ3n) is 3.13. The first-order chi connectivity index (χ1) is 9.15. The highest BCUT2D eigenvalue weighted by atomic mass is 19.1. The largest absolute Gasteiger partial charge is 0.341 e. The van der Waals surface area contributed by atoms with Gasteiger partial charge in [-0.3, -0.25) is 4.90 Å². The van der Waals surface area contributed by atoms with Crippen LogP contribution in [0.2, 0.25) is 0 Å². The topological polar surface area (TPSA) is 31.9 Å². The second-order valence-electron chi connectivity index (χ2n) is 4.49. The van der Waals surface area contributed by atoms with Gasteiger partial charge in [0.25, 0.3) is 0 Å². The molecule has 0 saturated heterocycles. The normalized spacial score (nSPS) is 12.8. The second kappa shape index (κ2) is 5.80. The van der Waals surface area contributed by atoms with Gasteiger partial charge in [0.1, 0.15) is 11.6 Å². The Morgan fingerprint density at radius 1 is 1.37 bits per heavy atom. The highest BCUT2D eigenvalue weighted by molar-refractivity contribution is 5.75. The van der Waals surface area contributed by atoms with Crippen LogP contribution < -0.4 is 0 Å². The molecule has 0 bridgehead atoms. The molecule has 0 fully saturated rings. The lowest BCUT2D eigenvalue weighted by molar-refractivity contribution is 0.252. The summed E-state index contributed by atoms with van der Waals surface area (Å²) < 4.78 is 13.2. The van der Waals surface area contributed by atoms with E-state index in [0.717, 1.165) is 29.9 Å². The zero-order valence-electron chi connectivity index (χ0n) is 11.1. The van der Waals surface area contributed by atoms with Gasteiger partial charge in [0.15, 0.2) is 0 Å². The minimum Gasteiger partial charge on any atom is -0.341 e. The summed E-state index contributed by atoms with van der Waals surface area (Å²) in [5.41, 5.74) is 1.50. The maximum Gasteiger partial charge on any atom is 0.125 e. The van der Waals surface area contributed by atoms with Crippen molar-refractivity contribution in [3.63, 3.8) is 0 Å². The van der Waals surface area contributed by atoms with Gasteiger partial charge in [-0.05, 0) is 25.1 Å².